The van der Waals surface area contributed by atoms with Crippen molar-refractivity contribution in [3.8, 4) is 0 Å². The maximum atomic E-state index is 14.9. The summed E-state index contributed by atoms with van der Waals surface area (Å²) in [6, 6.07) is 7.91. The molecule has 0 aromatic heterocycles. The lowest BCUT2D eigenvalue weighted by molar-refractivity contribution is -0.148. The Morgan fingerprint density at radius 2 is 1.57 bits per heavy atom. The van der Waals surface area contributed by atoms with Crippen molar-refractivity contribution in [3.05, 3.63) is 34.9 Å². The summed E-state index contributed by atoms with van der Waals surface area (Å²) in [4.78, 5) is 54.3. The first-order valence-corrected chi connectivity index (χ1v) is 18.4. The third-order valence-electron chi connectivity index (χ3n) is 11.9. The van der Waals surface area contributed by atoms with E-state index >= 15 is 0 Å². The number of benzene rings is 1. The minimum Gasteiger partial charge on any atom is -0.368 e. The first-order chi connectivity index (χ1) is 22.3. The van der Waals surface area contributed by atoms with Crippen molar-refractivity contribution in [3.63, 3.8) is 0 Å². The number of amides is 3. The maximum Gasteiger partial charge on any atom is 0.252 e. The van der Waals surface area contributed by atoms with E-state index in [1.54, 1.807) is 0 Å². The van der Waals surface area contributed by atoms with Crippen molar-refractivity contribution >= 4 is 29.3 Å². The van der Waals surface area contributed by atoms with E-state index in [0.29, 0.717) is 56.2 Å². The Kier molecular flexibility index (Phi) is 9.66. The molecular formula is C36H52ClN5O4. The van der Waals surface area contributed by atoms with E-state index in [4.69, 9.17) is 16.3 Å². The molecule has 252 valence electrons. The Morgan fingerprint density at radius 3 is 2.22 bits per heavy atom. The monoisotopic (exact) mass is 653 g/mol. The van der Waals surface area contributed by atoms with Gasteiger partial charge in [0.1, 0.15) is 12.1 Å². The van der Waals surface area contributed by atoms with Gasteiger partial charge in [-0.05, 0) is 88.4 Å². The predicted molar refractivity (Wildman–Crippen MR) is 178 cm³/mol. The van der Waals surface area contributed by atoms with Gasteiger partial charge < -0.3 is 24.3 Å². The molecule has 6 aliphatic rings. The topological polar surface area (TPSA) is 76.6 Å². The molecule has 0 spiro atoms. The van der Waals surface area contributed by atoms with Crippen molar-refractivity contribution in [2.45, 2.75) is 101 Å². The van der Waals surface area contributed by atoms with Gasteiger partial charge in [0.2, 0.25) is 11.8 Å². The lowest BCUT2D eigenvalue weighted by Crippen LogP contribution is -2.54. The molecule has 4 aliphatic heterocycles. The molecule has 1 aromatic rings. The summed E-state index contributed by atoms with van der Waals surface area (Å²) in [6.07, 6.45) is 8.25. The number of nitrogens with zero attached hydrogens (tertiary/aromatic N) is 5. The van der Waals surface area contributed by atoms with Gasteiger partial charge in [0.15, 0.2) is 0 Å². The van der Waals surface area contributed by atoms with Gasteiger partial charge in [-0.1, -0.05) is 30.7 Å². The highest BCUT2D eigenvalue weighted by molar-refractivity contribution is 6.30. The molecule has 2 aliphatic carbocycles. The Morgan fingerprint density at radius 1 is 0.848 bits per heavy atom. The first kappa shape index (κ1) is 32.4. The third-order valence-corrected chi connectivity index (χ3v) is 12.2. The van der Waals surface area contributed by atoms with Gasteiger partial charge in [-0.15, -0.1) is 0 Å². The molecule has 5 atom stereocenters. The number of piperazine rings is 1. The summed E-state index contributed by atoms with van der Waals surface area (Å²) >= 11 is 6.27. The molecule has 4 heterocycles. The second-order valence-corrected chi connectivity index (χ2v) is 15.6. The summed E-state index contributed by atoms with van der Waals surface area (Å²) in [5.41, 5.74) is 1.13. The number of likely N-dealkylation sites (N-methyl/N-ethyl adjacent to an activating group) is 1. The van der Waals surface area contributed by atoms with Gasteiger partial charge in [-0.2, -0.15) is 0 Å². The van der Waals surface area contributed by atoms with Crippen molar-refractivity contribution < 1.29 is 19.1 Å². The van der Waals surface area contributed by atoms with Crippen LogP contribution < -0.4 is 0 Å². The molecule has 4 saturated heterocycles. The number of ether oxygens (including phenoxy) is 1. The van der Waals surface area contributed by atoms with Crippen LogP contribution >= 0.6 is 11.6 Å². The second-order valence-electron chi connectivity index (χ2n) is 15.1. The highest BCUT2D eigenvalue weighted by atomic mass is 35.5. The fourth-order valence-corrected chi connectivity index (χ4v) is 9.06. The van der Waals surface area contributed by atoms with E-state index in [2.05, 4.69) is 40.8 Å². The van der Waals surface area contributed by atoms with E-state index in [9.17, 15) is 14.4 Å². The number of hydrogen-bond donors (Lipinski definition) is 0. The molecule has 1 aromatic carbocycles. The first-order valence-electron chi connectivity index (χ1n) is 18.0. The molecule has 10 heteroatoms. The molecule has 2 saturated carbocycles. The fraction of sp³-hybridized carbons (Fsp3) is 0.750. The van der Waals surface area contributed by atoms with Crippen molar-refractivity contribution in [2.24, 2.45) is 11.8 Å². The summed E-state index contributed by atoms with van der Waals surface area (Å²) < 4.78 is 5.95. The second kappa shape index (κ2) is 13.7. The van der Waals surface area contributed by atoms with Crippen LogP contribution in [-0.2, 0) is 19.1 Å². The molecule has 46 heavy (non-hydrogen) atoms. The van der Waals surface area contributed by atoms with E-state index in [-0.39, 0.29) is 41.6 Å². The molecule has 0 N–H and O–H groups in total. The molecule has 0 unspecified atom stereocenters. The zero-order valence-corrected chi connectivity index (χ0v) is 28.5. The van der Waals surface area contributed by atoms with Crippen LogP contribution in [0.5, 0.6) is 0 Å². The third kappa shape index (κ3) is 6.71. The summed E-state index contributed by atoms with van der Waals surface area (Å²) in [6.45, 7) is 7.90. The smallest absolute Gasteiger partial charge is 0.252 e. The van der Waals surface area contributed by atoms with Gasteiger partial charge in [-0.3, -0.25) is 19.3 Å². The van der Waals surface area contributed by atoms with Crippen LogP contribution in [0.2, 0.25) is 5.02 Å². The zero-order chi connectivity index (χ0) is 31.9. The van der Waals surface area contributed by atoms with E-state index in [1.807, 2.05) is 21.9 Å². The van der Waals surface area contributed by atoms with Crippen LogP contribution in [0, 0.1) is 11.8 Å². The van der Waals surface area contributed by atoms with Gasteiger partial charge in [0.25, 0.3) is 5.91 Å². The van der Waals surface area contributed by atoms with E-state index in [1.165, 1.54) is 12.8 Å². The molecule has 9 nitrogen and oxygen atoms in total. The van der Waals surface area contributed by atoms with Crippen molar-refractivity contribution in [2.75, 3.05) is 59.5 Å². The predicted octanol–water partition coefficient (Wildman–Crippen LogP) is 3.85. The van der Waals surface area contributed by atoms with Crippen LogP contribution in [0.15, 0.2) is 24.3 Å². The summed E-state index contributed by atoms with van der Waals surface area (Å²) in [5.74, 6) is 0.660. The Balaban J connectivity index is 1.19. The number of carbonyl (C=O) groups excluding carboxylic acids is 3. The maximum absolute atomic E-state index is 14.9. The van der Waals surface area contributed by atoms with Gasteiger partial charge in [-0.25, -0.2) is 0 Å². The molecule has 3 amide bonds. The lowest BCUT2D eigenvalue weighted by Gasteiger charge is -2.41. The van der Waals surface area contributed by atoms with Crippen molar-refractivity contribution in [1.29, 1.82) is 0 Å². The standard InChI is InChI=1S/C36H52ClN5O4/c1-24-5-11-28(12-6-24)42(36(45)33-4-3-19-46-33)29-20-32(35(44)39-17-15-38(2)16-18-39)41(21-29)34(43)31-23-40(27-13-14-27)22-30(31)25-7-9-26(37)10-8-25/h7-10,24,27-33H,3-6,11-23H2,1-2H3/t24?,28?,29-,30-,31+,32-,33-/m0/s1. The van der Waals surface area contributed by atoms with Crippen LogP contribution in [0.4, 0.5) is 0 Å². The normalized spacial score (nSPS) is 34.3. The number of carbonyl (C=O) groups is 3. The van der Waals surface area contributed by atoms with Gasteiger partial charge in [0, 0.05) is 75.4 Å². The number of likely N-dealkylation sites (tertiary alicyclic amines) is 2. The molecule has 6 fully saturated rings. The number of hydrogen-bond acceptors (Lipinski definition) is 6. The van der Waals surface area contributed by atoms with E-state index in [0.717, 1.165) is 63.7 Å². The molecule has 0 bridgehead atoms. The summed E-state index contributed by atoms with van der Waals surface area (Å²) in [7, 11) is 2.09. The Bertz CT molecular complexity index is 1250. The van der Waals surface area contributed by atoms with Crippen molar-refractivity contribution in [1.82, 2.24) is 24.5 Å². The number of rotatable bonds is 7. The Labute approximate surface area is 279 Å². The molecule has 0 radical (unpaired) electrons. The summed E-state index contributed by atoms with van der Waals surface area (Å²) in [5, 5.41) is 0.692. The molecule has 7 rings (SSSR count). The van der Waals surface area contributed by atoms with Crippen LogP contribution in [0.1, 0.15) is 76.2 Å². The van der Waals surface area contributed by atoms with E-state index < -0.39 is 12.1 Å². The van der Waals surface area contributed by atoms with Crippen LogP contribution in [0.25, 0.3) is 0 Å². The highest BCUT2D eigenvalue weighted by Crippen LogP contribution is 2.42. The average molecular weight is 654 g/mol. The quantitative estimate of drug-likeness (QED) is 0.445. The van der Waals surface area contributed by atoms with Gasteiger partial charge in [0.05, 0.1) is 12.0 Å². The zero-order valence-electron chi connectivity index (χ0n) is 27.7. The SMILES string of the molecule is CC1CCC(N(C(=O)[C@@H]2CCCO2)[C@H]2C[C@@H](C(=O)N3CCN(C)CC3)N(C(=O)[C@@H]3CN(C4CC4)C[C@H]3c3ccc(Cl)cc3)C2)CC1. The lowest BCUT2D eigenvalue weighted by atomic mass is 9.85. The van der Waals surface area contributed by atoms with Gasteiger partial charge >= 0.3 is 0 Å². The largest absolute Gasteiger partial charge is 0.368 e. The van der Waals surface area contributed by atoms with Crippen LogP contribution in [-0.4, -0.2) is 132 Å². The van der Waals surface area contributed by atoms with Crippen LogP contribution in [0.3, 0.4) is 0 Å². The minimum absolute atomic E-state index is 0.0471. The minimum atomic E-state index is -0.552. The fourth-order valence-electron chi connectivity index (χ4n) is 8.93. The molecular weight excluding hydrogens is 602 g/mol. The highest BCUT2D eigenvalue weighted by Gasteiger charge is 2.51. The Hall–Kier alpha value is -2.20. The number of halogens is 1. The average Bonchev–Trinajstić information content (AvgIpc) is 3.42.